The van der Waals surface area contributed by atoms with Gasteiger partial charge in [0.2, 0.25) is 10.0 Å². The fraction of sp³-hybridized carbons (Fsp3) is 0.250. The maximum atomic E-state index is 13.2. The minimum atomic E-state index is -3.90. The average molecular weight is 419 g/mol. The van der Waals surface area contributed by atoms with E-state index in [1.165, 1.54) is 38.5 Å². The first kappa shape index (κ1) is 20.8. The lowest BCUT2D eigenvalue weighted by Crippen LogP contribution is -2.27. The van der Waals surface area contributed by atoms with Gasteiger partial charge in [-0.05, 0) is 50.2 Å². The molecule has 1 heterocycles. The average Bonchev–Trinajstić information content (AvgIpc) is 3.09. The van der Waals surface area contributed by atoms with E-state index in [9.17, 15) is 12.8 Å². The summed E-state index contributed by atoms with van der Waals surface area (Å²) in [5.41, 5.74) is 2.11. The highest BCUT2D eigenvalue weighted by molar-refractivity contribution is 7.89. The monoisotopic (exact) mass is 419 g/mol. The molecule has 0 saturated heterocycles. The first-order valence-corrected chi connectivity index (χ1v) is 10.3. The minimum Gasteiger partial charge on any atom is -0.497 e. The van der Waals surface area contributed by atoms with Crippen molar-refractivity contribution in [2.45, 2.75) is 24.8 Å². The Morgan fingerprint density at radius 1 is 1.10 bits per heavy atom. The van der Waals surface area contributed by atoms with Gasteiger partial charge in [-0.25, -0.2) is 22.2 Å². The Kier molecular flexibility index (Phi) is 5.90. The second-order valence-corrected chi connectivity index (χ2v) is 8.12. The molecule has 1 atom stereocenters. The molecule has 0 spiro atoms. The third kappa shape index (κ3) is 4.25. The molecule has 3 rings (SSSR count). The molecule has 0 aliphatic rings. The van der Waals surface area contributed by atoms with Gasteiger partial charge in [0.25, 0.3) is 0 Å². The summed E-state index contributed by atoms with van der Waals surface area (Å²) in [6.07, 6.45) is 1.59. The van der Waals surface area contributed by atoms with Gasteiger partial charge in [-0.15, -0.1) is 0 Å². The third-order valence-corrected chi connectivity index (χ3v) is 6.14. The highest BCUT2D eigenvalue weighted by Gasteiger charge is 2.25. The number of methoxy groups -OCH3 is 2. The standard InChI is InChI=1S/C20H22FN3O4S/c1-13(18-12-22-24(14(18)2)16-7-5-15(21)6-8-16)23-29(25,26)20-11-17(27-3)9-10-19(20)28-4/h5-13,23H,1-4H3/t13-/m0/s1. The van der Waals surface area contributed by atoms with Crippen molar-refractivity contribution >= 4 is 10.0 Å². The van der Waals surface area contributed by atoms with Gasteiger partial charge >= 0.3 is 0 Å². The van der Waals surface area contributed by atoms with Crippen LogP contribution in [0.25, 0.3) is 5.69 Å². The van der Waals surface area contributed by atoms with Crippen molar-refractivity contribution in [2.75, 3.05) is 14.2 Å². The number of halogens is 1. The number of hydrogen-bond acceptors (Lipinski definition) is 5. The van der Waals surface area contributed by atoms with Gasteiger partial charge in [0.1, 0.15) is 22.2 Å². The highest BCUT2D eigenvalue weighted by Crippen LogP contribution is 2.30. The fourth-order valence-corrected chi connectivity index (χ4v) is 4.45. The van der Waals surface area contributed by atoms with Gasteiger partial charge in [-0.2, -0.15) is 5.10 Å². The highest BCUT2D eigenvalue weighted by atomic mass is 32.2. The number of nitrogens with one attached hydrogen (secondary N) is 1. The first-order valence-electron chi connectivity index (χ1n) is 8.81. The number of benzene rings is 2. The van der Waals surface area contributed by atoms with Crippen LogP contribution in [-0.2, 0) is 10.0 Å². The largest absolute Gasteiger partial charge is 0.497 e. The summed E-state index contributed by atoms with van der Waals surface area (Å²) in [4.78, 5) is -0.0187. The van der Waals surface area contributed by atoms with Crippen LogP contribution in [0.2, 0.25) is 0 Å². The van der Waals surface area contributed by atoms with E-state index in [1.807, 2.05) is 6.92 Å². The molecule has 0 aliphatic carbocycles. The Morgan fingerprint density at radius 2 is 1.79 bits per heavy atom. The van der Waals surface area contributed by atoms with E-state index >= 15 is 0 Å². The number of nitrogens with zero attached hydrogens (tertiary/aromatic N) is 2. The van der Waals surface area contributed by atoms with Crippen molar-refractivity contribution in [3.8, 4) is 17.2 Å². The van der Waals surface area contributed by atoms with Gasteiger partial charge in [0, 0.05) is 23.4 Å². The Hall–Kier alpha value is -2.91. The molecule has 9 heteroatoms. The Morgan fingerprint density at radius 3 is 2.41 bits per heavy atom. The summed E-state index contributed by atoms with van der Waals surface area (Å²) in [5, 5.41) is 4.32. The summed E-state index contributed by atoms with van der Waals surface area (Å²) < 4.78 is 53.7. The van der Waals surface area contributed by atoms with Gasteiger partial charge in [0.05, 0.1) is 26.1 Å². The van der Waals surface area contributed by atoms with Crippen molar-refractivity contribution in [1.29, 1.82) is 0 Å². The summed E-state index contributed by atoms with van der Waals surface area (Å²) in [5.74, 6) is 0.274. The smallest absolute Gasteiger partial charge is 0.244 e. The fourth-order valence-electron chi connectivity index (χ4n) is 3.04. The Balaban J connectivity index is 1.90. The normalized spacial score (nSPS) is 12.6. The Bertz CT molecular complexity index is 1110. The zero-order valence-corrected chi connectivity index (χ0v) is 17.3. The lowest BCUT2D eigenvalue weighted by Gasteiger charge is -2.17. The second-order valence-electron chi connectivity index (χ2n) is 6.43. The van der Waals surface area contributed by atoms with Crippen LogP contribution < -0.4 is 14.2 Å². The molecule has 154 valence electrons. The predicted molar refractivity (Wildman–Crippen MR) is 107 cm³/mol. The van der Waals surface area contributed by atoms with E-state index < -0.39 is 16.1 Å². The van der Waals surface area contributed by atoms with E-state index in [1.54, 1.807) is 36.0 Å². The number of sulfonamides is 1. The molecule has 0 unspecified atom stereocenters. The van der Waals surface area contributed by atoms with Crippen LogP contribution in [-0.4, -0.2) is 32.4 Å². The van der Waals surface area contributed by atoms with Gasteiger partial charge in [-0.1, -0.05) is 0 Å². The molecule has 0 bridgehead atoms. The van der Waals surface area contributed by atoms with Crippen LogP contribution in [0.3, 0.4) is 0 Å². The van der Waals surface area contributed by atoms with Crippen molar-refractivity contribution in [2.24, 2.45) is 0 Å². The van der Waals surface area contributed by atoms with Crippen LogP contribution in [0.15, 0.2) is 53.6 Å². The number of aromatic nitrogens is 2. The zero-order valence-electron chi connectivity index (χ0n) is 16.5. The summed E-state index contributed by atoms with van der Waals surface area (Å²) in [6, 6.07) is 9.90. The molecule has 0 aliphatic heterocycles. The van der Waals surface area contributed by atoms with Crippen LogP contribution in [0.4, 0.5) is 4.39 Å². The van der Waals surface area contributed by atoms with Crippen LogP contribution in [0.5, 0.6) is 11.5 Å². The summed E-state index contributed by atoms with van der Waals surface area (Å²) in [6.45, 7) is 3.55. The van der Waals surface area contributed by atoms with Crippen molar-refractivity contribution in [1.82, 2.24) is 14.5 Å². The molecule has 0 radical (unpaired) electrons. The summed E-state index contributed by atoms with van der Waals surface area (Å²) in [7, 11) is -1.04. The van der Waals surface area contributed by atoms with Gasteiger partial charge < -0.3 is 9.47 Å². The van der Waals surface area contributed by atoms with Crippen LogP contribution in [0, 0.1) is 12.7 Å². The zero-order chi connectivity index (χ0) is 21.2. The molecule has 1 aromatic heterocycles. The van der Waals surface area contributed by atoms with Crippen molar-refractivity contribution < 1.29 is 22.3 Å². The van der Waals surface area contributed by atoms with E-state index in [0.717, 1.165) is 5.69 Å². The minimum absolute atomic E-state index is 0.0187. The number of ether oxygens (including phenoxy) is 2. The molecule has 29 heavy (non-hydrogen) atoms. The SMILES string of the molecule is COc1ccc(OC)c(S(=O)(=O)N[C@@H](C)c2cnn(-c3ccc(F)cc3)c2C)c1. The number of hydrogen-bond donors (Lipinski definition) is 1. The van der Waals surface area contributed by atoms with E-state index in [2.05, 4.69) is 9.82 Å². The predicted octanol–water partition coefficient (Wildman–Crippen LogP) is 3.38. The quantitative estimate of drug-likeness (QED) is 0.635. The Labute approximate surface area is 169 Å². The molecule has 0 amide bonds. The maximum Gasteiger partial charge on any atom is 0.244 e. The van der Waals surface area contributed by atoms with Crippen molar-refractivity contribution in [3.63, 3.8) is 0 Å². The molecule has 0 saturated carbocycles. The van der Waals surface area contributed by atoms with Crippen molar-refractivity contribution in [3.05, 3.63) is 65.7 Å². The molecular weight excluding hydrogens is 397 g/mol. The van der Waals surface area contributed by atoms with Gasteiger partial charge in [0.15, 0.2) is 0 Å². The second kappa shape index (κ2) is 8.22. The van der Waals surface area contributed by atoms with Gasteiger partial charge in [-0.3, -0.25) is 0 Å². The topological polar surface area (TPSA) is 82.4 Å². The molecular formula is C20H22FN3O4S. The molecule has 0 fully saturated rings. The first-order chi connectivity index (χ1) is 13.8. The summed E-state index contributed by atoms with van der Waals surface area (Å²) >= 11 is 0. The lowest BCUT2D eigenvalue weighted by molar-refractivity contribution is 0.391. The lowest BCUT2D eigenvalue weighted by atomic mass is 10.1. The van der Waals surface area contributed by atoms with E-state index in [-0.39, 0.29) is 16.5 Å². The molecule has 7 nitrogen and oxygen atoms in total. The third-order valence-electron chi connectivity index (χ3n) is 4.58. The van der Waals surface area contributed by atoms with Crippen LogP contribution in [0.1, 0.15) is 24.2 Å². The van der Waals surface area contributed by atoms with Crippen LogP contribution >= 0.6 is 0 Å². The van der Waals surface area contributed by atoms with E-state index in [4.69, 9.17) is 9.47 Å². The molecule has 2 aromatic carbocycles. The maximum absolute atomic E-state index is 13.2. The van der Waals surface area contributed by atoms with E-state index in [0.29, 0.717) is 17.0 Å². The molecule has 3 aromatic rings. The molecule has 1 N–H and O–H groups in total. The number of rotatable bonds is 7.